The van der Waals surface area contributed by atoms with Gasteiger partial charge >= 0.3 is 6.09 Å². The summed E-state index contributed by atoms with van der Waals surface area (Å²) in [6.45, 7) is 5.67. The van der Waals surface area contributed by atoms with Crippen molar-refractivity contribution in [1.82, 2.24) is 15.1 Å². The summed E-state index contributed by atoms with van der Waals surface area (Å²) in [5.41, 5.74) is -1.13. The number of aliphatic hydroxyl groups is 1. The van der Waals surface area contributed by atoms with Crippen molar-refractivity contribution in [3.8, 4) is 5.75 Å². The second kappa shape index (κ2) is 19.8. The number of likely N-dealkylation sites (N-methyl/N-ethyl adjacent to an activating group) is 1. The Morgan fingerprint density at radius 3 is 2.48 bits per heavy atom. The molecule has 5 amide bonds. The molecule has 356 valence electrons. The van der Waals surface area contributed by atoms with Crippen LogP contribution in [0.2, 0.25) is 5.02 Å². The fraction of sp³-hybridized carbons (Fsp3) is 0.638. The maximum atomic E-state index is 14.6. The van der Waals surface area contributed by atoms with Gasteiger partial charge in [0.1, 0.15) is 28.6 Å². The van der Waals surface area contributed by atoms with Gasteiger partial charge in [0.25, 0.3) is 0 Å². The first-order valence-electron chi connectivity index (χ1n) is 22.7. The highest BCUT2D eigenvalue weighted by Crippen LogP contribution is 2.71. The number of rotatable bonds is 12. The van der Waals surface area contributed by atoms with Crippen LogP contribution in [-0.4, -0.2) is 145 Å². The number of nitrogens with one attached hydrogen (secondary N) is 1. The van der Waals surface area contributed by atoms with E-state index >= 15 is 0 Å². The van der Waals surface area contributed by atoms with Crippen molar-refractivity contribution in [1.29, 1.82) is 0 Å². The standard InChI is InChI=1S/C47H60BClN4O12S/c1-24-9-8-10-35(63-7)46(61)22-33(64-45(60)50-46)25(2)42-47(65-42)30(20-37(55)52(5)31-18-28(17-24)19-32(62-6)40(31)49)39(47)41(57)26(3)51(4)36(54)15-16-66-34-21-38(56)53(44(34)59)23-27-11-13-29(14-12-27)43(48)58/h8-10,18-19,25-27,29-30,33-35,39,42,61H,11-17,20-23H2,1-7H3,(H,50,60)/b10-8+,24-9+/t25-,26+,27?,29?,30?,33+,34?,35-,39?,42+,46+,47-/m1/s1. The molecule has 5 fully saturated rings. The Kier molecular flexibility index (Phi) is 14.9. The van der Waals surface area contributed by atoms with Gasteiger partial charge in [-0.2, -0.15) is 0 Å². The first-order chi connectivity index (χ1) is 31.2. The summed E-state index contributed by atoms with van der Waals surface area (Å²) < 4.78 is 23.5. The van der Waals surface area contributed by atoms with Crippen LogP contribution in [0.5, 0.6) is 5.75 Å². The number of methoxy groups -OCH3 is 2. The van der Waals surface area contributed by atoms with Gasteiger partial charge in [-0.1, -0.05) is 42.3 Å². The molecule has 4 bridgehead atoms. The molecule has 0 aromatic heterocycles. The highest BCUT2D eigenvalue weighted by atomic mass is 35.5. The normalized spacial score (nSPS) is 35.0. The largest absolute Gasteiger partial charge is 0.495 e. The molecule has 16 nitrogen and oxygen atoms in total. The molecule has 3 saturated heterocycles. The highest BCUT2D eigenvalue weighted by molar-refractivity contribution is 8.00. The molecule has 66 heavy (non-hydrogen) atoms. The lowest BCUT2D eigenvalue weighted by molar-refractivity contribution is -0.142. The zero-order chi connectivity index (χ0) is 48.0. The third-order valence-electron chi connectivity index (χ3n) is 14.8. The van der Waals surface area contributed by atoms with Gasteiger partial charge in [0.15, 0.2) is 19.4 Å². The number of halogens is 1. The summed E-state index contributed by atoms with van der Waals surface area (Å²) in [6, 6.07) is 2.69. The summed E-state index contributed by atoms with van der Waals surface area (Å²) in [5, 5.41) is 14.0. The number of benzene rings is 1. The summed E-state index contributed by atoms with van der Waals surface area (Å²) in [5.74, 6) is -2.90. The van der Waals surface area contributed by atoms with Crippen LogP contribution in [0.1, 0.15) is 77.7 Å². The first-order valence-corrected chi connectivity index (χ1v) is 24.1. The number of allylic oxidation sites excluding steroid dienone is 3. The van der Waals surface area contributed by atoms with Gasteiger partial charge in [0.2, 0.25) is 23.6 Å². The van der Waals surface area contributed by atoms with E-state index in [1.807, 2.05) is 26.0 Å². The number of epoxide rings is 1. The molecule has 2 saturated carbocycles. The molecule has 1 spiro atoms. The van der Waals surface area contributed by atoms with Gasteiger partial charge in [0.05, 0.1) is 41.8 Å². The number of likely N-dealkylation sites (tertiary alicyclic amines) is 1. The number of hydrogen-bond donors (Lipinski definition) is 2. The predicted octanol–water partition coefficient (Wildman–Crippen LogP) is 4.15. The Bertz CT molecular complexity index is 2200. The SMILES string of the molecule is [B]C(=O)C1CCC(CN2C(=O)CC(SCCC(=O)N(C)[C@@H](C)C(=O)C3C4CC(=O)N(C)c5cc(cc(OC)c5Cl)C/C(C)=C/C=C/[C@@H](OC)[C@@]5(O)C[C@H](OC(=O)N5)[C@@H](C)[C@@H]5O[C@]435)C2=O)CC1. The van der Waals surface area contributed by atoms with Crippen molar-refractivity contribution >= 4 is 78.1 Å². The molecule has 2 N–H and O–H groups in total. The second-order valence-electron chi connectivity index (χ2n) is 18.9. The first kappa shape index (κ1) is 49.7. The van der Waals surface area contributed by atoms with Crippen LogP contribution >= 0.6 is 23.4 Å². The molecule has 2 radical (unpaired) electrons. The van der Waals surface area contributed by atoms with Crippen LogP contribution in [-0.2, 0) is 49.4 Å². The van der Waals surface area contributed by atoms with E-state index in [0.29, 0.717) is 50.1 Å². The van der Waals surface area contributed by atoms with Crippen LogP contribution in [0.4, 0.5) is 10.5 Å². The van der Waals surface area contributed by atoms with Gasteiger partial charge < -0.3 is 38.6 Å². The van der Waals surface area contributed by atoms with Crippen molar-refractivity contribution in [2.45, 2.75) is 119 Å². The van der Waals surface area contributed by atoms with E-state index in [2.05, 4.69) is 5.32 Å². The molecule has 7 rings (SSSR count). The predicted molar refractivity (Wildman–Crippen MR) is 246 cm³/mol. The van der Waals surface area contributed by atoms with Crippen molar-refractivity contribution in [3.05, 3.63) is 46.5 Å². The van der Waals surface area contributed by atoms with Gasteiger partial charge in [-0.25, -0.2) is 4.79 Å². The zero-order valence-corrected chi connectivity index (χ0v) is 40.2. The van der Waals surface area contributed by atoms with Crippen LogP contribution in [0, 0.1) is 29.6 Å². The molecule has 2 aliphatic carbocycles. The fourth-order valence-electron chi connectivity index (χ4n) is 10.5. The monoisotopic (exact) mass is 950 g/mol. The van der Waals surface area contributed by atoms with E-state index in [0.717, 1.165) is 11.1 Å². The summed E-state index contributed by atoms with van der Waals surface area (Å²) >= 11 is 8.05. The Labute approximate surface area is 396 Å². The lowest BCUT2D eigenvalue weighted by Crippen LogP contribution is -2.63. The summed E-state index contributed by atoms with van der Waals surface area (Å²) in [6.07, 6.45) is 4.96. The third kappa shape index (κ3) is 9.85. The van der Waals surface area contributed by atoms with Crippen molar-refractivity contribution in [2.75, 3.05) is 45.5 Å². The van der Waals surface area contributed by atoms with E-state index in [9.17, 15) is 38.7 Å². The molecule has 1 aromatic rings. The van der Waals surface area contributed by atoms with Crippen molar-refractivity contribution < 1.29 is 57.6 Å². The number of alkyl carbamates (subject to hydrolysis) is 1. The zero-order valence-electron chi connectivity index (χ0n) is 38.6. The summed E-state index contributed by atoms with van der Waals surface area (Å²) in [7, 11) is 11.5. The molecule has 6 aliphatic rings. The third-order valence-corrected chi connectivity index (χ3v) is 16.3. The lowest BCUT2D eigenvalue weighted by Gasteiger charge is -2.41. The van der Waals surface area contributed by atoms with E-state index in [-0.39, 0.29) is 83.4 Å². The average molecular weight is 951 g/mol. The van der Waals surface area contributed by atoms with Crippen molar-refractivity contribution in [2.24, 2.45) is 29.6 Å². The Balaban J connectivity index is 1.06. The van der Waals surface area contributed by atoms with Gasteiger partial charge in [-0.05, 0) is 69.6 Å². The number of carbonyl (C=O) groups is 7. The second-order valence-corrected chi connectivity index (χ2v) is 20.6. The smallest absolute Gasteiger partial charge is 0.409 e. The lowest BCUT2D eigenvalue weighted by atomic mass is 9.75. The number of thioether (sulfide) groups is 1. The number of nitrogens with zero attached hydrogens (tertiary/aromatic N) is 3. The van der Waals surface area contributed by atoms with Crippen LogP contribution < -0.4 is 15.0 Å². The summed E-state index contributed by atoms with van der Waals surface area (Å²) in [4.78, 5) is 97.4. The minimum absolute atomic E-state index is 0.00676. The molecule has 1 aromatic carbocycles. The average Bonchev–Trinajstić information content (AvgIpc) is 4.15. The maximum Gasteiger partial charge on any atom is 0.409 e. The number of carbonyl (C=O) groups excluding carboxylic acids is 7. The van der Waals surface area contributed by atoms with Crippen LogP contribution in [0.3, 0.4) is 0 Å². The van der Waals surface area contributed by atoms with E-state index in [1.165, 1.54) is 47.7 Å². The van der Waals surface area contributed by atoms with E-state index < -0.39 is 64.8 Å². The Hall–Kier alpha value is -4.23. The van der Waals surface area contributed by atoms with E-state index in [4.69, 9.17) is 38.4 Å². The molecule has 4 heterocycles. The van der Waals surface area contributed by atoms with E-state index in [1.54, 1.807) is 32.2 Å². The van der Waals surface area contributed by atoms with Crippen LogP contribution in [0.25, 0.3) is 0 Å². The molecule has 4 aliphatic heterocycles. The Morgan fingerprint density at radius 1 is 1.11 bits per heavy atom. The minimum atomic E-state index is -1.86. The van der Waals surface area contributed by atoms with Gasteiger partial charge in [-0.3, -0.25) is 34.2 Å². The van der Waals surface area contributed by atoms with Crippen LogP contribution in [0.15, 0.2) is 35.9 Å². The Morgan fingerprint density at radius 2 is 1.82 bits per heavy atom. The number of anilines is 1. The van der Waals surface area contributed by atoms with Gasteiger partial charge in [0, 0.05) is 76.9 Å². The number of Topliss-reactive ketones (excluding diaryl/α,β-unsaturated/α-hetero) is 1. The number of fused-ring (bicyclic) bond motifs is 4. The fourth-order valence-corrected chi connectivity index (χ4v) is 12.0. The molecule has 10 atom stereocenters. The quantitative estimate of drug-likeness (QED) is 0.172. The minimum Gasteiger partial charge on any atom is -0.495 e. The number of ether oxygens (including phenoxy) is 4. The molecular weight excluding hydrogens is 891 g/mol. The number of hydrogen-bond acceptors (Lipinski definition) is 13. The maximum absolute atomic E-state index is 14.6. The highest BCUT2D eigenvalue weighted by Gasteiger charge is 2.84. The number of amides is 5. The topological polar surface area (TPSA) is 202 Å². The molecule has 19 heteroatoms. The number of imide groups is 1. The van der Waals surface area contributed by atoms with Gasteiger partial charge in [-0.15, -0.1) is 11.8 Å². The molecule has 3 unspecified atom stereocenters. The molecular formula is C47H60BClN4O12S. The number of ketones is 1. The van der Waals surface area contributed by atoms with Crippen molar-refractivity contribution in [3.63, 3.8) is 0 Å².